The van der Waals surface area contributed by atoms with E-state index in [1.165, 1.54) is 30.3 Å². The molecule has 5 nitrogen and oxygen atoms in total. The van der Waals surface area contributed by atoms with Crippen molar-refractivity contribution in [2.45, 2.75) is 0 Å². The molecule has 128 valence electrons. The lowest BCUT2D eigenvalue weighted by Crippen LogP contribution is -2.11. The maximum Gasteiger partial charge on any atom is 0.255 e. The number of benzene rings is 3. The fourth-order valence-corrected chi connectivity index (χ4v) is 2.58. The van der Waals surface area contributed by atoms with E-state index in [2.05, 4.69) is 10.3 Å². The highest BCUT2D eigenvalue weighted by atomic mass is 19.1. The van der Waals surface area contributed by atoms with Gasteiger partial charge >= 0.3 is 0 Å². The molecule has 0 spiro atoms. The lowest BCUT2D eigenvalue weighted by Gasteiger charge is -2.08. The van der Waals surface area contributed by atoms with Gasteiger partial charge in [-0.2, -0.15) is 0 Å². The van der Waals surface area contributed by atoms with Crippen molar-refractivity contribution in [3.05, 3.63) is 78.1 Å². The molecule has 0 saturated heterocycles. The highest BCUT2D eigenvalue weighted by Gasteiger charge is 2.14. The summed E-state index contributed by atoms with van der Waals surface area (Å²) < 4.78 is 18.6. The van der Waals surface area contributed by atoms with Gasteiger partial charge in [0, 0.05) is 11.3 Å². The molecule has 0 aliphatic rings. The first-order chi connectivity index (χ1) is 12.6. The summed E-state index contributed by atoms with van der Waals surface area (Å²) in [6.07, 6.45) is 0. The Hall–Kier alpha value is -3.67. The second-order valence-electron chi connectivity index (χ2n) is 5.68. The number of oxazole rings is 1. The zero-order chi connectivity index (χ0) is 18.1. The summed E-state index contributed by atoms with van der Waals surface area (Å²) in [6, 6.07) is 17.1. The number of carbonyl (C=O) groups is 1. The van der Waals surface area contributed by atoms with Crippen LogP contribution in [0.4, 0.5) is 10.1 Å². The second-order valence-corrected chi connectivity index (χ2v) is 5.68. The number of anilines is 1. The fraction of sp³-hybridized carbons (Fsp3) is 0. The smallest absolute Gasteiger partial charge is 0.255 e. The first kappa shape index (κ1) is 15.8. The Morgan fingerprint density at radius 3 is 2.58 bits per heavy atom. The van der Waals surface area contributed by atoms with Gasteiger partial charge < -0.3 is 14.8 Å². The van der Waals surface area contributed by atoms with Crippen LogP contribution >= 0.6 is 0 Å². The van der Waals surface area contributed by atoms with E-state index in [0.717, 1.165) is 0 Å². The normalized spacial score (nSPS) is 10.8. The summed E-state index contributed by atoms with van der Waals surface area (Å²) >= 11 is 0. The number of amides is 1. The monoisotopic (exact) mass is 348 g/mol. The van der Waals surface area contributed by atoms with Crippen molar-refractivity contribution >= 4 is 22.7 Å². The quantitative estimate of drug-likeness (QED) is 0.531. The third-order valence-electron chi connectivity index (χ3n) is 3.89. The number of hydrogen-bond acceptors (Lipinski definition) is 4. The van der Waals surface area contributed by atoms with Crippen molar-refractivity contribution in [1.82, 2.24) is 4.98 Å². The topological polar surface area (TPSA) is 75.4 Å². The predicted octanol–water partition coefficient (Wildman–Crippen LogP) is 4.59. The number of phenols is 1. The van der Waals surface area contributed by atoms with Crippen molar-refractivity contribution in [3.8, 4) is 17.2 Å². The summed E-state index contributed by atoms with van der Waals surface area (Å²) in [6.45, 7) is 0. The van der Waals surface area contributed by atoms with E-state index in [4.69, 9.17) is 4.42 Å². The summed E-state index contributed by atoms with van der Waals surface area (Å²) in [4.78, 5) is 16.6. The zero-order valence-corrected chi connectivity index (χ0v) is 13.4. The first-order valence-electron chi connectivity index (χ1n) is 7.86. The number of fused-ring (bicyclic) bond motifs is 1. The number of para-hydroxylation sites is 2. The minimum atomic E-state index is -0.413. The Labute approximate surface area is 147 Å². The summed E-state index contributed by atoms with van der Waals surface area (Å²) in [5, 5.41) is 12.8. The summed E-state index contributed by atoms with van der Waals surface area (Å²) in [5.41, 5.74) is 2.40. The molecule has 0 fully saturated rings. The lowest BCUT2D eigenvalue weighted by atomic mass is 10.1. The van der Waals surface area contributed by atoms with Crippen LogP contribution in [0.3, 0.4) is 0 Å². The van der Waals surface area contributed by atoms with Crippen LogP contribution in [-0.4, -0.2) is 16.0 Å². The molecule has 1 aromatic heterocycles. The Morgan fingerprint density at radius 1 is 1.04 bits per heavy atom. The van der Waals surface area contributed by atoms with E-state index in [1.54, 1.807) is 24.3 Å². The van der Waals surface area contributed by atoms with Gasteiger partial charge in [-0.1, -0.05) is 12.1 Å². The molecule has 0 unspecified atom stereocenters. The van der Waals surface area contributed by atoms with Gasteiger partial charge in [-0.15, -0.1) is 0 Å². The SMILES string of the molecule is O=C(Nc1ccc(O)c(-c2nc3ccccc3o2)c1)c1ccc(F)cc1. The van der Waals surface area contributed by atoms with E-state index in [1.807, 2.05) is 12.1 Å². The van der Waals surface area contributed by atoms with Crippen molar-refractivity contribution < 1.29 is 18.7 Å². The van der Waals surface area contributed by atoms with Crippen LogP contribution in [0.5, 0.6) is 5.75 Å². The highest BCUT2D eigenvalue weighted by Crippen LogP contribution is 2.33. The van der Waals surface area contributed by atoms with Crippen LogP contribution in [0.1, 0.15) is 10.4 Å². The van der Waals surface area contributed by atoms with E-state index >= 15 is 0 Å². The van der Waals surface area contributed by atoms with E-state index in [0.29, 0.717) is 27.9 Å². The number of carbonyl (C=O) groups excluding carboxylic acids is 1. The number of aromatic nitrogens is 1. The summed E-state index contributed by atoms with van der Waals surface area (Å²) in [5.74, 6) is -0.568. The molecule has 4 aromatic rings. The standard InChI is InChI=1S/C20H13FN2O3/c21-13-7-5-12(6-8-13)19(25)22-14-9-10-17(24)15(11-14)20-23-16-3-1-2-4-18(16)26-20/h1-11,24H,(H,22,25). The van der Waals surface area contributed by atoms with Crippen molar-refractivity contribution in [3.63, 3.8) is 0 Å². The molecular formula is C20H13FN2O3. The van der Waals surface area contributed by atoms with Crippen LogP contribution < -0.4 is 5.32 Å². The Balaban J connectivity index is 1.65. The molecule has 2 N–H and O–H groups in total. The van der Waals surface area contributed by atoms with Gasteiger partial charge in [-0.05, 0) is 54.6 Å². The van der Waals surface area contributed by atoms with Gasteiger partial charge in [0.25, 0.3) is 5.91 Å². The molecule has 0 atom stereocenters. The Kier molecular flexibility index (Phi) is 3.85. The molecule has 0 saturated carbocycles. The number of nitrogens with one attached hydrogen (secondary N) is 1. The predicted molar refractivity (Wildman–Crippen MR) is 95.5 cm³/mol. The lowest BCUT2D eigenvalue weighted by molar-refractivity contribution is 0.102. The number of halogens is 1. The molecule has 4 rings (SSSR count). The van der Waals surface area contributed by atoms with E-state index in [-0.39, 0.29) is 17.5 Å². The summed E-state index contributed by atoms with van der Waals surface area (Å²) in [7, 11) is 0. The van der Waals surface area contributed by atoms with Gasteiger partial charge in [0.1, 0.15) is 17.1 Å². The van der Waals surface area contributed by atoms with Crippen molar-refractivity contribution in [2.24, 2.45) is 0 Å². The molecule has 0 radical (unpaired) electrons. The minimum Gasteiger partial charge on any atom is -0.507 e. The average molecular weight is 348 g/mol. The number of aromatic hydroxyl groups is 1. The van der Waals surface area contributed by atoms with Crippen LogP contribution in [0, 0.1) is 5.82 Å². The number of rotatable bonds is 3. The fourth-order valence-electron chi connectivity index (χ4n) is 2.58. The minimum absolute atomic E-state index is 0.0173. The maximum absolute atomic E-state index is 13.0. The molecule has 0 aliphatic heterocycles. The van der Waals surface area contributed by atoms with Crippen LogP contribution in [0.2, 0.25) is 0 Å². The number of nitrogens with zero attached hydrogens (tertiary/aromatic N) is 1. The van der Waals surface area contributed by atoms with Crippen LogP contribution in [-0.2, 0) is 0 Å². The van der Waals surface area contributed by atoms with Crippen LogP contribution in [0.25, 0.3) is 22.6 Å². The van der Waals surface area contributed by atoms with Crippen molar-refractivity contribution in [2.75, 3.05) is 5.32 Å². The average Bonchev–Trinajstić information content (AvgIpc) is 3.07. The Bertz CT molecular complexity index is 1070. The van der Waals surface area contributed by atoms with Crippen LogP contribution in [0.15, 0.2) is 71.1 Å². The highest BCUT2D eigenvalue weighted by molar-refractivity contribution is 6.04. The molecule has 6 heteroatoms. The van der Waals surface area contributed by atoms with Gasteiger partial charge in [0.05, 0.1) is 5.56 Å². The molecular weight excluding hydrogens is 335 g/mol. The molecule has 0 bridgehead atoms. The van der Waals surface area contributed by atoms with E-state index < -0.39 is 5.82 Å². The van der Waals surface area contributed by atoms with Gasteiger partial charge in [0.15, 0.2) is 5.58 Å². The first-order valence-corrected chi connectivity index (χ1v) is 7.86. The maximum atomic E-state index is 13.0. The third-order valence-corrected chi connectivity index (χ3v) is 3.89. The van der Waals surface area contributed by atoms with E-state index in [9.17, 15) is 14.3 Å². The number of hydrogen-bond donors (Lipinski definition) is 2. The molecule has 1 amide bonds. The molecule has 0 aliphatic carbocycles. The zero-order valence-electron chi connectivity index (χ0n) is 13.4. The number of phenolic OH excluding ortho intramolecular Hbond substituents is 1. The van der Waals surface area contributed by atoms with Gasteiger partial charge in [-0.3, -0.25) is 4.79 Å². The third kappa shape index (κ3) is 3.00. The molecule has 1 heterocycles. The van der Waals surface area contributed by atoms with Gasteiger partial charge in [-0.25, -0.2) is 9.37 Å². The second kappa shape index (κ2) is 6.33. The molecule has 3 aromatic carbocycles. The Morgan fingerprint density at radius 2 is 1.81 bits per heavy atom. The van der Waals surface area contributed by atoms with Crippen molar-refractivity contribution in [1.29, 1.82) is 0 Å². The largest absolute Gasteiger partial charge is 0.507 e. The van der Waals surface area contributed by atoms with Gasteiger partial charge in [0.2, 0.25) is 5.89 Å². The molecule has 26 heavy (non-hydrogen) atoms.